The van der Waals surface area contributed by atoms with E-state index in [1.165, 1.54) is 0 Å². The van der Waals surface area contributed by atoms with Gasteiger partial charge in [0.2, 0.25) is 0 Å². The molecule has 0 aromatic rings. The summed E-state index contributed by atoms with van der Waals surface area (Å²) >= 11 is 2.00. The molecule has 0 aromatic heterocycles. The van der Waals surface area contributed by atoms with Gasteiger partial charge in [0.25, 0.3) is 0 Å². The third-order valence-corrected chi connectivity index (χ3v) is 0. The molecule has 9 heteroatoms. The fourth-order valence-corrected chi connectivity index (χ4v) is 0. The Bertz CT molecular complexity index is 111. The summed E-state index contributed by atoms with van der Waals surface area (Å²) in [6.07, 6.45) is 0. The molecular weight excluding hydrogens is 235 g/mol. The summed E-state index contributed by atoms with van der Waals surface area (Å²) in [7, 11) is -5.17. The topological polar surface area (TPSA) is 97.3 Å². The van der Waals surface area contributed by atoms with Crippen LogP contribution in [0, 0.1) is 0 Å². The monoisotopic (exact) mass is 238 g/mol. The fourth-order valence-electron chi connectivity index (χ4n) is 0. The molecule has 0 aliphatic heterocycles. The van der Waals surface area contributed by atoms with Crippen molar-refractivity contribution >= 4 is 65.5 Å². The molecule has 0 amide bonds. The van der Waals surface area contributed by atoms with Gasteiger partial charge in [-0.1, -0.05) is 0 Å². The normalized spacial score (nSPS) is 7.00. The van der Waals surface area contributed by atoms with Crippen LogP contribution in [0.15, 0.2) is 0 Å². The second-order valence-electron chi connectivity index (χ2n) is 0.408. The van der Waals surface area contributed by atoms with E-state index in [9.17, 15) is 0 Å². The predicted octanol–water partition coefficient (Wildman–Crippen LogP) is -3.02. The SMILES string of the molecule is O=S(=O)([O-])[O-].[AlH3].[Ca+2].[O]=[Fe]. The third kappa shape index (κ3) is 162. The molecule has 9 heavy (non-hydrogen) atoms. The molecule has 0 fully saturated rings. The Morgan fingerprint density at radius 2 is 1.11 bits per heavy atom. The Labute approximate surface area is 101 Å². The minimum absolute atomic E-state index is 0. The van der Waals surface area contributed by atoms with E-state index in [2.05, 4.69) is 0 Å². The van der Waals surface area contributed by atoms with Crippen LogP contribution in [0.25, 0.3) is 0 Å². The van der Waals surface area contributed by atoms with Crippen LogP contribution in [0.1, 0.15) is 0 Å². The van der Waals surface area contributed by atoms with Crippen molar-refractivity contribution in [3.05, 3.63) is 0 Å². The van der Waals surface area contributed by atoms with E-state index in [0.717, 1.165) is 0 Å². The average Bonchev–Trinajstić information content (AvgIpc) is 1.36. The molecule has 0 N–H and O–H groups in total. The molecule has 0 aromatic carbocycles. The molecule has 0 spiro atoms. The Hall–Kier alpha value is 1.98. The van der Waals surface area contributed by atoms with Crippen LogP contribution in [-0.4, -0.2) is 72.6 Å². The minimum atomic E-state index is -5.17. The first-order chi connectivity index (χ1) is 3.00. The number of hydrogen-bond donors (Lipinski definition) is 0. The molecule has 0 rings (SSSR count). The molecule has 0 saturated heterocycles. The molecule has 0 unspecified atom stereocenters. The van der Waals surface area contributed by atoms with E-state index in [-0.39, 0.29) is 55.1 Å². The van der Waals surface area contributed by atoms with Crippen molar-refractivity contribution in [1.29, 1.82) is 0 Å². The number of hydrogen-bond acceptors (Lipinski definition) is 5. The second-order valence-corrected chi connectivity index (χ2v) is 1.22. The summed E-state index contributed by atoms with van der Waals surface area (Å²) in [5, 5.41) is 0. The standard InChI is InChI=1S/Al.Ca.Fe.H2O4S.O.3H/c;;;1-5(2,3)4;;;;/h;;;(H2,1,2,3,4);;;;/q;+2;;;;;;/p-2. The maximum absolute atomic E-state index is 8.52. The van der Waals surface area contributed by atoms with Crippen molar-refractivity contribution in [3.63, 3.8) is 0 Å². The summed E-state index contributed by atoms with van der Waals surface area (Å²) in [5.74, 6) is 0. The molecule has 0 bridgehead atoms. The van der Waals surface area contributed by atoms with Gasteiger partial charge in [-0.2, -0.15) is 0 Å². The van der Waals surface area contributed by atoms with Crippen molar-refractivity contribution < 1.29 is 37.3 Å². The first kappa shape index (κ1) is 22.4. The van der Waals surface area contributed by atoms with Gasteiger partial charge in [-0.15, -0.1) is 0 Å². The molecule has 0 aliphatic carbocycles. The molecule has 52 valence electrons. The van der Waals surface area contributed by atoms with E-state index in [4.69, 9.17) is 21.4 Å². The van der Waals surface area contributed by atoms with E-state index in [0.29, 0.717) is 0 Å². The zero-order valence-electron chi connectivity index (χ0n) is 3.51. The van der Waals surface area contributed by atoms with Gasteiger partial charge in [0, 0.05) is 10.4 Å². The first-order valence-electron chi connectivity index (χ1n) is 0.811. The van der Waals surface area contributed by atoms with Crippen molar-refractivity contribution in [2.24, 2.45) is 0 Å². The quantitative estimate of drug-likeness (QED) is 0.254. The van der Waals surface area contributed by atoms with Crippen molar-refractivity contribution in [2.45, 2.75) is 0 Å². The molecular formula is H3AlCaFeO5S. The summed E-state index contributed by atoms with van der Waals surface area (Å²) in [4.78, 5) is 0. The van der Waals surface area contributed by atoms with Crippen LogP contribution >= 0.6 is 0 Å². The summed E-state index contributed by atoms with van der Waals surface area (Å²) in [6, 6.07) is 0. The summed E-state index contributed by atoms with van der Waals surface area (Å²) in [6.45, 7) is 0. The predicted molar refractivity (Wildman–Crippen MR) is 26.9 cm³/mol. The molecule has 0 aliphatic rings. The van der Waals surface area contributed by atoms with Gasteiger partial charge in [-0.05, 0) is 0 Å². The van der Waals surface area contributed by atoms with Crippen LogP contribution in [0.4, 0.5) is 0 Å². The number of rotatable bonds is 0. The van der Waals surface area contributed by atoms with Crippen molar-refractivity contribution in [3.8, 4) is 0 Å². The van der Waals surface area contributed by atoms with Crippen LogP contribution in [0.5, 0.6) is 0 Å². The van der Waals surface area contributed by atoms with Crippen LogP contribution in [0.3, 0.4) is 0 Å². The molecule has 5 nitrogen and oxygen atoms in total. The zero-order chi connectivity index (χ0) is 6.50. The van der Waals surface area contributed by atoms with Crippen molar-refractivity contribution in [2.75, 3.05) is 0 Å². The average molecular weight is 238 g/mol. The Balaban J connectivity index is -0.0000000286. The Morgan fingerprint density at radius 3 is 1.11 bits per heavy atom. The van der Waals surface area contributed by atoms with Gasteiger partial charge in [0.05, 0.1) is 0 Å². The first-order valence-corrected chi connectivity index (χ1v) is 2.60. The second kappa shape index (κ2) is 12.6. The van der Waals surface area contributed by atoms with Crippen LogP contribution in [0.2, 0.25) is 0 Å². The van der Waals surface area contributed by atoms with Gasteiger partial charge in [-0.3, -0.25) is 8.42 Å². The third-order valence-electron chi connectivity index (χ3n) is 0. The maximum atomic E-state index is 8.52. The van der Waals surface area contributed by atoms with Crippen LogP contribution in [-0.2, 0) is 30.2 Å². The van der Waals surface area contributed by atoms with E-state index in [1.807, 2.05) is 15.9 Å². The summed E-state index contributed by atoms with van der Waals surface area (Å²) < 4.78 is 42.1. The van der Waals surface area contributed by atoms with E-state index < -0.39 is 10.4 Å². The zero-order valence-corrected chi connectivity index (χ0v) is 7.64. The van der Waals surface area contributed by atoms with E-state index in [1.54, 1.807) is 0 Å². The molecule has 0 atom stereocenters. The van der Waals surface area contributed by atoms with Gasteiger partial charge in [0.1, 0.15) is 0 Å². The van der Waals surface area contributed by atoms with Gasteiger partial charge in [-0.25, -0.2) is 0 Å². The molecule has 0 saturated carbocycles. The van der Waals surface area contributed by atoms with Crippen LogP contribution < -0.4 is 0 Å². The molecule has 0 radical (unpaired) electrons. The molecule has 0 heterocycles. The van der Waals surface area contributed by atoms with E-state index >= 15 is 0 Å². The van der Waals surface area contributed by atoms with Gasteiger partial charge < -0.3 is 9.11 Å². The van der Waals surface area contributed by atoms with Crippen molar-refractivity contribution in [1.82, 2.24) is 0 Å². The Kier molecular flexibility index (Phi) is 31.5. The summed E-state index contributed by atoms with van der Waals surface area (Å²) in [5.41, 5.74) is 0. The van der Waals surface area contributed by atoms with Gasteiger partial charge in [0.15, 0.2) is 17.4 Å². The van der Waals surface area contributed by atoms with Gasteiger partial charge >= 0.3 is 57.5 Å². The Morgan fingerprint density at radius 1 is 1.11 bits per heavy atom. The fraction of sp³-hybridized carbons (Fsp3) is 0.